The van der Waals surface area contributed by atoms with Gasteiger partial charge in [-0.25, -0.2) is 0 Å². The summed E-state index contributed by atoms with van der Waals surface area (Å²) in [6.07, 6.45) is 0. The third kappa shape index (κ3) is 6.61. The molecule has 0 saturated heterocycles. The molecule has 0 atom stereocenters. The summed E-state index contributed by atoms with van der Waals surface area (Å²) in [4.78, 5) is 7.36. The van der Waals surface area contributed by atoms with Gasteiger partial charge in [-0.05, 0) is 136 Å². The average molecular weight is 933 g/mol. The van der Waals surface area contributed by atoms with Gasteiger partial charge < -0.3 is 9.80 Å². The largest absolute Gasteiger partial charge is 0.310 e. The summed E-state index contributed by atoms with van der Waals surface area (Å²) in [7, 11) is 0. The number of aromatic nitrogens is 1. The topological polar surface area (TPSA) is 14.7 Å². The minimum absolute atomic E-state index is 0.536. The second-order valence-electron chi connectivity index (χ2n) is 18.9. The third-order valence-corrected chi connectivity index (χ3v) is 14.9. The Morgan fingerprint density at radius 3 is 1.45 bits per heavy atom. The molecule has 1 aromatic heterocycles. The zero-order chi connectivity index (χ0) is 48.3. The molecule has 4 nitrogen and oxygen atoms in total. The first kappa shape index (κ1) is 42.3. The zero-order valence-electron chi connectivity index (χ0n) is 40.0. The summed E-state index contributed by atoms with van der Waals surface area (Å²) >= 11 is 0. The van der Waals surface area contributed by atoms with E-state index in [1.165, 1.54) is 33.4 Å². The fraction of sp³-hybridized carbons (Fsp3) is 0.0145. The van der Waals surface area contributed by atoms with Crippen LogP contribution < -0.4 is 14.7 Å². The standard InChI is InChI=1S/C69H48N4/c1-7-26-50(27-8-1)69(51-28-9-2-10-29-51)61-41-20-19-39-59(61)60-46-45-57(48-62(60)69)70(52-30-11-3-12-31-52)56-38-23-25-49(47-56)58-40-24-44-65-66(58)67-68(73(65)55-36-17-6-18-37-55)72(54-34-15-5-16-35-54)64-43-22-21-42-63(64)71(67)53-32-13-4-14-33-53/h1-48H. The van der Waals surface area contributed by atoms with Gasteiger partial charge in [0, 0.05) is 39.5 Å². The van der Waals surface area contributed by atoms with Gasteiger partial charge in [-0.2, -0.15) is 0 Å². The highest BCUT2D eigenvalue weighted by molar-refractivity contribution is 6.17. The van der Waals surface area contributed by atoms with E-state index in [9.17, 15) is 0 Å². The molecular formula is C69H48N4. The van der Waals surface area contributed by atoms with Gasteiger partial charge in [-0.1, -0.05) is 200 Å². The van der Waals surface area contributed by atoms with Crippen molar-refractivity contribution in [1.82, 2.24) is 4.57 Å². The summed E-state index contributed by atoms with van der Waals surface area (Å²) in [5.74, 6) is 1.07. The van der Waals surface area contributed by atoms with Gasteiger partial charge in [0.15, 0.2) is 0 Å². The van der Waals surface area contributed by atoms with Crippen molar-refractivity contribution in [2.75, 3.05) is 14.7 Å². The quantitative estimate of drug-likeness (QED) is 0.143. The van der Waals surface area contributed by atoms with Crippen LogP contribution >= 0.6 is 0 Å². The van der Waals surface area contributed by atoms with Crippen molar-refractivity contribution in [2.45, 2.75) is 5.41 Å². The Hall–Kier alpha value is -9.64. The van der Waals surface area contributed by atoms with Crippen LogP contribution in [0.4, 0.5) is 51.3 Å². The lowest BCUT2D eigenvalue weighted by Gasteiger charge is -2.39. The molecule has 1 aliphatic heterocycles. The van der Waals surface area contributed by atoms with E-state index < -0.39 is 5.41 Å². The number of anilines is 9. The normalized spacial score (nSPS) is 13.0. The van der Waals surface area contributed by atoms with Crippen LogP contribution in [-0.4, -0.2) is 4.57 Å². The Balaban J connectivity index is 1.02. The number of hydrogen-bond donors (Lipinski definition) is 0. The molecule has 0 amide bonds. The predicted molar refractivity (Wildman–Crippen MR) is 304 cm³/mol. The van der Waals surface area contributed by atoms with Crippen LogP contribution in [0.15, 0.2) is 291 Å². The van der Waals surface area contributed by atoms with Crippen LogP contribution in [0.25, 0.3) is 38.8 Å². The van der Waals surface area contributed by atoms with Crippen molar-refractivity contribution in [2.24, 2.45) is 0 Å². The Morgan fingerprint density at radius 1 is 0.315 bits per heavy atom. The molecule has 0 fully saturated rings. The van der Waals surface area contributed by atoms with Crippen LogP contribution in [-0.2, 0) is 5.41 Å². The monoisotopic (exact) mass is 932 g/mol. The Labute approximate surface area is 426 Å². The molecule has 0 radical (unpaired) electrons. The number of benzene rings is 11. The van der Waals surface area contributed by atoms with E-state index in [-0.39, 0.29) is 0 Å². The highest BCUT2D eigenvalue weighted by atomic mass is 15.3. The van der Waals surface area contributed by atoms with Crippen LogP contribution in [0.3, 0.4) is 0 Å². The Bertz CT molecular complexity index is 3930. The average Bonchev–Trinajstić information content (AvgIpc) is 3.97. The summed E-state index contributed by atoms with van der Waals surface area (Å²) < 4.78 is 2.46. The molecule has 2 aliphatic rings. The van der Waals surface area contributed by atoms with E-state index in [2.05, 4.69) is 310 Å². The molecule has 344 valence electrons. The van der Waals surface area contributed by atoms with E-state index in [0.717, 1.165) is 79.0 Å². The SMILES string of the molecule is c1ccc(N(c2cccc(-c3cccc4c3c3c(n4-c4ccccc4)N(c4ccccc4)c4ccccc4N3c3ccccc3)c2)c2ccc3c(c2)C(c2ccccc2)(c2ccccc2)c2ccccc2-3)cc1. The van der Waals surface area contributed by atoms with Crippen molar-refractivity contribution in [1.29, 1.82) is 0 Å². The van der Waals surface area contributed by atoms with Crippen molar-refractivity contribution < 1.29 is 0 Å². The van der Waals surface area contributed by atoms with E-state index in [1.54, 1.807) is 0 Å². The van der Waals surface area contributed by atoms with Crippen molar-refractivity contribution in [3.8, 4) is 27.9 Å². The van der Waals surface area contributed by atoms with Gasteiger partial charge in [0.25, 0.3) is 0 Å². The fourth-order valence-corrected chi connectivity index (χ4v) is 12.0. The summed E-state index contributed by atoms with van der Waals surface area (Å²) in [6, 6.07) is 106. The molecule has 2 heterocycles. The maximum atomic E-state index is 2.48. The number of fused-ring (bicyclic) bond motifs is 7. The van der Waals surface area contributed by atoms with Crippen LogP contribution in [0.1, 0.15) is 22.3 Å². The smallest absolute Gasteiger partial charge is 0.148 e. The first-order chi connectivity index (χ1) is 36.3. The second-order valence-corrected chi connectivity index (χ2v) is 18.9. The first-order valence-electron chi connectivity index (χ1n) is 25.1. The third-order valence-electron chi connectivity index (χ3n) is 14.9. The fourth-order valence-electron chi connectivity index (χ4n) is 12.0. The maximum Gasteiger partial charge on any atom is 0.148 e. The van der Waals surface area contributed by atoms with E-state index in [4.69, 9.17) is 0 Å². The van der Waals surface area contributed by atoms with Crippen molar-refractivity contribution >= 4 is 62.2 Å². The molecule has 14 rings (SSSR count). The van der Waals surface area contributed by atoms with Gasteiger partial charge in [-0.3, -0.25) is 9.47 Å². The molecular weight excluding hydrogens is 885 g/mol. The van der Waals surface area contributed by atoms with Gasteiger partial charge in [0.2, 0.25) is 0 Å². The molecule has 0 N–H and O–H groups in total. The van der Waals surface area contributed by atoms with E-state index in [0.29, 0.717) is 0 Å². The minimum atomic E-state index is -0.536. The molecule has 11 aromatic carbocycles. The van der Waals surface area contributed by atoms with Gasteiger partial charge in [-0.15, -0.1) is 0 Å². The lowest BCUT2D eigenvalue weighted by Crippen LogP contribution is -2.28. The lowest BCUT2D eigenvalue weighted by molar-refractivity contribution is 0.768. The predicted octanol–water partition coefficient (Wildman–Crippen LogP) is 18.4. The molecule has 1 aliphatic carbocycles. The number of nitrogens with zero attached hydrogens (tertiary/aromatic N) is 4. The Morgan fingerprint density at radius 2 is 0.795 bits per heavy atom. The Kier molecular flexibility index (Phi) is 10.0. The van der Waals surface area contributed by atoms with Crippen LogP contribution in [0.5, 0.6) is 0 Å². The molecule has 0 spiro atoms. The summed E-state index contributed by atoms with van der Waals surface area (Å²) in [6.45, 7) is 0. The van der Waals surface area contributed by atoms with Gasteiger partial charge in [0.1, 0.15) is 5.82 Å². The van der Waals surface area contributed by atoms with Crippen LogP contribution in [0, 0.1) is 0 Å². The molecule has 0 unspecified atom stereocenters. The number of hydrogen-bond acceptors (Lipinski definition) is 3. The molecule has 0 saturated carbocycles. The summed E-state index contributed by atoms with van der Waals surface area (Å²) in [5, 5.41) is 1.16. The second kappa shape index (κ2) is 17.3. The van der Waals surface area contributed by atoms with Gasteiger partial charge >= 0.3 is 0 Å². The first-order valence-corrected chi connectivity index (χ1v) is 25.1. The lowest BCUT2D eigenvalue weighted by atomic mass is 9.67. The highest BCUT2D eigenvalue weighted by Gasteiger charge is 2.46. The molecule has 73 heavy (non-hydrogen) atoms. The van der Waals surface area contributed by atoms with Crippen molar-refractivity contribution in [3.63, 3.8) is 0 Å². The molecule has 4 heteroatoms. The van der Waals surface area contributed by atoms with E-state index in [1.807, 2.05) is 0 Å². The molecule has 12 aromatic rings. The van der Waals surface area contributed by atoms with Crippen molar-refractivity contribution in [3.05, 3.63) is 313 Å². The minimum Gasteiger partial charge on any atom is -0.310 e. The number of rotatable bonds is 9. The summed E-state index contributed by atoms with van der Waals surface area (Å²) in [5.41, 5.74) is 20.2. The highest BCUT2D eigenvalue weighted by Crippen LogP contribution is 2.61. The molecule has 0 bridgehead atoms. The van der Waals surface area contributed by atoms with Crippen LogP contribution in [0.2, 0.25) is 0 Å². The zero-order valence-corrected chi connectivity index (χ0v) is 40.0. The van der Waals surface area contributed by atoms with E-state index >= 15 is 0 Å². The number of para-hydroxylation sites is 6. The van der Waals surface area contributed by atoms with Gasteiger partial charge in [0.05, 0.1) is 28.0 Å². The maximum absolute atomic E-state index is 2.48.